The van der Waals surface area contributed by atoms with Crippen molar-refractivity contribution in [1.29, 1.82) is 0 Å². The van der Waals surface area contributed by atoms with E-state index in [1.807, 2.05) is 12.1 Å². The molecule has 2 N–H and O–H groups in total. The fraction of sp³-hybridized carbons (Fsp3) is 0.611. The second-order valence-electron chi connectivity index (χ2n) is 12.3. The summed E-state index contributed by atoms with van der Waals surface area (Å²) in [6.45, 7) is 16.8. The Kier molecular flexibility index (Phi) is 14.0. The first-order chi connectivity index (χ1) is 20.3. The number of carbonyl (C=O) groups excluding carboxylic acids is 2. The molecule has 2 aromatic carbocycles. The summed E-state index contributed by atoms with van der Waals surface area (Å²) in [5.74, 6) is 0.339. The molecule has 0 aliphatic carbocycles. The molecule has 2 fully saturated rings. The van der Waals surface area contributed by atoms with Crippen LogP contribution in [0.25, 0.3) is 0 Å². The van der Waals surface area contributed by atoms with E-state index >= 15 is 0 Å². The third-order valence-corrected chi connectivity index (χ3v) is 8.89. The number of benzene rings is 2. The van der Waals surface area contributed by atoms with Gasteiger partial charge in [-0.1, -0.05) is 75.9 Å². The zero-order chi connectivity index (χ0) is 30.5. The number of hydrogen-bond donors (Lipinski definition) is 2. The number of carbonyl (C=O) groups is 2. The number of para-hydroxylation sites is 2. The molecule has 0 radical (unpaired) electrons. The van der Waals surface area contributed by atoms with Gasteiger partial charge in [0.1, 0.15) is 0 Å². The van der Waals surface area contributed by atoms with E-state index in [1.165, 1.54) is 38.5 Å². The molecule has 0 unspecified atom stereocenters. The minimum absolute atomic E-state index is 0.0457. The first-order valence-electron chi connectivity index (χ1n) is 16.5. The minimum atomic E-state index is 0.0457. The third-order valence-electron chi connectivity index (χ3n) is 8.89. The summed E-state index contributed by atoms with van der Waals surface area (Å²) in [5.41, 5.74) is 6.53. The molecule has 2 aliphatic rings. The van der Waals surface area contributed by atoms with E-state index in [0.717, 1.165) is 85.5 Å². The topological polar surface area (TPSA) is 64.7 Å². The Morgan fingerprint density at radius 3 is 1.33 bits per heavy atom. The number of rotatable bonds is 10. The second-order valence-corrected chi connectivity index (χ2v) is 12.3. The van der Waals surface area contributed by atoms with Gasteiger partial charge in [-0.05, 0) is 115 Å². The lowest BCUT2D eigenvalue weighted by molar-refractivity contribution is -0.123. The van der Waals surface area contributed by atoms with Gasteiger partial charge in [0, 0.05) is 11.4 Å². The monoisotopic (exact) mass is 576 g/mol. The number of likely N-dealkylation sites (tertiary alicyclic amines) is 2. The summed E-state index contributed by atoms with van der Waals surface area (Å²) in [4.78, 5) is 30.1. The van der Waals surface area contributed by atoms with Crippen LogP contribution >= 0.6 is 0 Å². The van der Waals surface area contributed by atoms with Crippen molar-refractivity contribution in [3.05, 3.63) is 58.7 Å². The molecule has 0 saturated carbocycles. The first-order valence-corrected chi connectivity index (χ1v) is 16.5. The number of nitrogens with zero attached hydrogens (tertiary/aromatic N) is 2. The highest BCUT2D eigenvalue weighted by atomic mass is 16.2. The maximum Gasteiger partial charge on any atom is 0.241 e. The van der Waals surface area contributed by atoms with Gasteiger partial charge >= 0.3 is 0 Å². The standard InChI is InChI=1S/2C18H28N2O/c2*1-4-5-12-20-13-7-6-11-16(20)18(21)19-17-14(2)9-8-10-15(17)3/h2*8-10,16H,4-7,11-13H2,1-3H3,(H,19,21)/t2*16-/m00/s1. The predicted octanol–water partition coefficient (Wildman–Crippen LogP) is 7.79. The molecule has 42 heavy (non-hydrogen) atoms. The lowest BCUT2D eigenvalue weighted by Gasteiger charge is -2.34. The van der Waals surface area contributed by atoms with Crippen molar-refractivity contribution in [2.75, 3.05) is 36.8 Å². The van der Waals surface area contributed by atoms with E-state index < -0.39 is 0 Å². The summed E-state index contributed by atoms with van der Waals surface area (Å²) in [5, 5.41) is 6.35. The minimum Gasteiger partial charge on any atom is -0.324 e. The number of amides is 2. The van der Waals surface area contributed by atoms with Crippen molar-refractivity contribution in [3.63, 3.8) is 0 Å². The predicted molar refractivity (Wildman–Crippen MR) is 177 cm³/mol. The molecule has 2 amide bonds. The van der Waals surface area contributed by atoms with Gasteiger partial charge in [0.05, 0.1) is 12.1 Å². The Bertz CT molecular complexity index is 1020. The van der Waals surface area contributed by atoms with Gasteiger partial charge in [0.15, 0.2) is 0 Å². The Labute approximate surface area is 255 Å². The van der Waals surface area contributed by atoms with Crippen molar-refractivity contribution in [3.8, 4) is 0 Å². The average Bonchev–Trinajstić information content (AvgIpc) is 2.99. The summed E-state index contributed by atoms with van der Waals surface area (Å²) in [6, 6.07) is 12.4. The van der Waals surface area contributed by atoms with Gasteiger partial charge in [0.25, 0.3) is 0 Å². The molecule has 232 valence electrons. The smallest absolute Gasteiger partial charge is 0.241 e. The summed E-state index contributed by atoms with van der Waals surface area (Å²) in [6.07, 6.45) is 11.4. The fourth-order valence-corrected chi connectivity index (χ4v) is 6.27. The summed E-state index contributed by atoms with van der Waals surface area (Å²) < 4.78 is 0. The molecular weight excluding hydrogens is 520 g/mol. The van der Waals surface area contributed by atoms with E-state index in [4.69, 9.17) is 0 Å². The average molecular weight is 577 g/mol. The van der Waals surface area contributed by atoms with E-state index in [-0.39, 0.29) is 23.9 Å². The first kappa shape index (κ1) is 33.8. The van der Waals surface area contributed by atoms with Crippen LogP contribution in [0.3, 0.4) is 0 Å². The molecule has 4 rings (SSSR count). The Balaban J connectivity index is 0.000000230. The second kappa shape index (κ2) is 17.4. The lowest BCUT2D eigenvalue weighted by Crippen LogP contribution is -2.47. The van der Waals surface area contributed by atoms with E-state index in [1.54, 1.807) is 0 Å². The molecule has 2 aliphatic heterocycles. The molecule has 2 heterocycles. The molecule has 0 spiro atoms. The highest BCUT2D eigenvalue weighted by molar-refractivity contribution is 5.96. The van der Waals surface area contributed by atoms with Crippen LogP contribution in [-0.2, 0) is 9.59 Å². The number of anilines is 2. The highest BCUT2D eigenvalue weighted by Crippen LogP contribution is 2.25. The van der Waals surface area contributed by atoms with Crippen molar-refractivity contribution < 1.29 is 9.59 Å². The van der Waals surface area contributed by atoms with E-state index in [9.17, 15) is 9.59 Å². The van der Waals surface area contributed by atoms with Crippen LogP contribution in [0, 0.1) is 27.7 Å². The molecule has 0 aromatic heterocycles. The van der Waals surface area contributed by atoms with Crippen LogP contribution < -0.4 is 10.6 Å². The molecule has 2 aromatic rings. The van der Waals surface area contributed by atoms with Crippen LogP contribution in [-0.4, -0.2) is 59.9 Å². The van der Waals surface area contributed by atoms with Crippen LogP contribution in [0.5, 0.6) is 0 Å². The number of aryl methyl sites for hydroxylation is 4. The van der Waals surface area contributed by atoms with Gasteiger partial charge in [-0.3, -0.25) is 19.4 Å². The Morgan fingerprint density at radius 2 is 1.00 bits per heavy atom. The zero-order valence-corrected chi connectivity index (χ0v) is 27.2. The molecule has 6 nitrogen and oxygen atoms in total. The van der Waals surface area contributed by atoms with Crippen LogP contribution in [0.15, 0.2) is 36.4 Å². The molecular formula is C36H56N4O2. The normalized spacial score (nSPS) is 19.5. The van der Waals surface area contributed by atoms with Gasteiger partial charge in [-0.25, -0.2) is 0 Å². The Morgan fingerprint density at radius 1 is 0.643 bits per heavy atom. The zero-order valence-electron chi connectivity index (χ0n) is 27.2. The SMILES string of the molecule is CCCCN1CCCC[C@H]1C(=O)Nc1c(C)cccc1C.CCCCN1CCCC[C@H]1C(=O)Nc1c(C)cccc1C. The quantitative estimate of drug-likeness (QED) is 0.303. The van der Waals surface area contributed by atoms with Crippen molar-refractivity contribution >= 4 is 23.2 Å². The third kappa shape index (κ3) is 9.67. The lowest BCUT2D eigenvalue weighted by atomic mass is 10.00. The van der Waals surface area contributed by atoms with Crippen LogP contribution in [0.4, 0.5) is 11.4 Å². The fourth-order valence-electron chi connectivity index (χ4n) is 6.27. The largest absolute Gasteiger partial charge is 0.324 e. The summed E-state index contributed by atoms with van der Waals surface area (Å²) in [7, 11) is 0. The van der Waals surface area contributed by atoms with Crippen LogP contribution in [0.2, 0.25) is 0 Å². The van der Waals surface area contributed by atoms with Gasteiger partial charge < -0.3 is 10.6 Å². The van der Waals surface area contributed by atoms with E-state index in [2.05, 4.69) is 86.2 Å². The van der Waals surface area contributed by atoms with Crippen molar-refractivity contribution in [1.82, 2.24) is 9.80 Å². The highest BCUT2D eigenvalue weighted by Gasteiger charge is 2.29. The molecule has 6 heteroatoms. The van der Waals surface area contributed by atoms with Crippen LogP contribution in [0.1, 0.15) is 100 Å². The van der Waals surface area contributed by atoms with Gasteiger partial charge in [-0.2, -0.15) is 0 Å². The maximum atomic E-state index is 12.7. The van der Waals surface area contributed by atoms with Crippen molar-refractivity contribution in [2.24, 2.45) is 0 Å². The summed E-state index contributed by atoms with van der Waals surface area (Å²) >= 11 is 0. The van der Waals surface area contributed by atoms with Gasteiger partial charge in [0.2, 0.25) is 11.8 Å². The van der Waals surface area contributed by atoms with E-state index in [0.29, 0.717) is 0 Å². The Hall–Kier alpha value is -2.70. The van der Waals surface area contributed by atoms with Crippen molar-refractivity contribution in [2.45, 2.75) is 118 Å². The number of nitrogens with one attached hydrogen (secondary N) is 2. The number of hydrogen-bond acceptors (Lipinski definition) is 4. The number of unbranched alkanes of at least 4 members (excludes halogenated alkanes) is 2. The molecule has 0 bridgehead atoms. The number of piperidine rings is 2. The molecule has 2 saturated heterocycles. The molecule has 2 atom stereocenters. The van der Waals surface area contributed by atoms with Gasteiger partial charge in [-0.15, -0.1) is 0 Å². The maximum absolute atomic E-state index is 12.7.